The molecule has 1 fully saturated rings. The Morgan fingerprint density at radius 2 is 1.70 bits per heavy atom. The molecule has 0 saturated heterocycles. The van der Waals surface area contributed by atoms with Crippen molar-refractivity contribution < 1.29 is 27.9 Å². The van der Waals surface area contributed by atoms with Crippen molar-refractivity contribution in [1.29, 1.82) is 0 Å². The van der Waals surface area contributed by atoms with E-state index in [2.05, 4.69) is 16.0 Å². The summed E-state index contributed by atoms with van der Waals surface area (Å²) in [4.78, 5) is 20.9. The van der Waals surface area contributed by atoms with Crippen LogP contribution in [0.25, 0.3) is 0 Å². The van der Waals surface area contributed by atoms with E-state index >= 15 is 0 Å². The van der Waals surface area contributed by atoms with Gasteiger partial charge in [0.1, 0.15) is 0 Å². The van der Waals surface area contributed by atoms with Crippen LogP contribution in [0.3, 0.4) is 0 Å². The standard InChI is InChI=1S/C15H13F3N2O2.C6H11NO/c16-15(17,18)12-3-1-2-4-13(12)20-11-7-5-10(6-8-11)9-19-14(21)22;1-2-6(8)7-5-3-4-5/h1-8,19-20H,9H2,(H,21,22);5H,2-4H2,1H3,(H,7,8). The van der Waals surface area contributed by atoms with Crippen LogP contribution in [0.1, 0.15) is 37.3 Å². The van der Waals surface area contributed by atoms with Crippen molar-refractivity contribution in [2.75, 3.05) is 5.32 Å². The van der Waals surface area contributed by atoms with Gasteiger partial charge in [-0.25, -0.2) is 4.79 Å². The molecule has 1 saturated carbocycles. The van der Waals surface area contributed by atoms with Crippen LogP contribution in [-0.2, 0) is 17.5 Å². The van der Waals surface area contributed by atoms with Gasteiger partial charge in [-0.1, -0.05) is 31.2 Å². The van der Waals surface area contributed by atoms with Crippen LogP contribution < -0.4 is 16.0 Å². The zero-order valence-corrected chi connectivity index (χ0v) is 16.4. The lowest BCUT2D eigenvalue weighted by Crippen LogP contribution is -2.23. The fraction of sp³-hybridized carbons (Fsp3) is 0.333. The van der Waals surface area contributed by atoms with Crippen molar-refractivity contribution >= 4 is 23.4 Å². The molecule has 9 heteroatoms. The molecule has 2 amide bonds. The number of hydrogen-bond donors (Lipinski definition) is 4. The Labute approximate surface area is 172 Å². The van der Waals surface area contributed by atoms with E-state index in [1.54, 1.807) is 24.3 Å². The predicted molar refractivity (Wildman–Crippen MR) is 107 cm³/mol. The van der Waals surface area contributed by atoms with Gasteiger partial charge in [0.25, 0.3) is 0 Å². The largest absolute Gasteiger partial charge is 0.465 e. The van der Waals surface area contributed by atoms with Crippen molar-refractivity contribution in [3.05, 3.63) is 59.7 Å². The van der Waals surface area contributed by atoms with E-state index in [-0.39, 0.29) is 18.1 Å². The maximum atomic E-state index is 12.9. The first kappa shape index (κ1) is 23.1. The summed E-state index contributed by atoms with van der Waals surface area (Å²) in [5, 5.41) is 16.3. The fourth-order valence-corrected chi connectivity index (χ4v) is 2.44. The third-order valence-corrected chi connectivity index (χ3v) is 4.17. The Hall–Kier alpha value is -3.23. The van der Waals surface area contributed by atoms with Crippen molar-refractivity contribution in [2.24, 2.45) is 0 Å². The van der Waals surface area contributed by atoms with Crippen LogP contribution in [0.15, 0.2) is 48.5 Å². The van der Waals surface area contributed by atoms with Gasteiger partial charge in [-0.2, -0.15) is 13.2 Å². The molecule has 0 spiro atoms. The first-order valence-electron chi connectivity index (χ1n) is 9.47. The average molecular weight is 423 g/mol. The van der Waals surface area contributed by atoms with Crippen molar-refractivity contribution in [3.8, 4) is 0 Å². The summed E-state index contributed by atoms with van der Waals surface area (Å²) in [7, 11) is 0. The minimum atomic E-state index is -4.44. The van der Waals surface area contributed by atoms with E-state index in [0.717, 1.165) is 6.07 Å². The predicted octanol–water partition coefficient (Wildman–Crippen LogP) is 4.89. The summed E-state index contributed by atoms with van der Waals surface area (Å²) >= 11 is 0. The van der Waals surface area contributed by atoms with Crippen LogP contribution in [0, 0.1) is 0 Å². The highest BCUT2D eigenvalue weighted by molar-refractivity contribution is 5.76. The summed E-state index contributed by atoms with van der Waals surface area (Å²) in [6.07, 6.45) is -2.58. The summed E-state index contributed by atoms with van der Waals surface area (Å²) in [5.74, 6) is 0.188. The molecule has 2 aromatic carbocycles. The number of nitrogens with one attached hydrogen (secondary N) is 3. The van der Waals surface area contributed by atoms with Gasteiger partial charge in [0, 0.05) is 24.7 Å². The van der Waals surface area contributed by atoms with Crippen LogP contribution in [-0.4, -0.2) is 23.1 Å². The second-order valence-electron chi connectivity index (χ2n) is 6.72. The molecule has 6 nitrogen and oxygen atoms in total. The Morgan fingerprint density at radius 1 is 1.07 bits per heavy atom. The number of hydrogen-bond acceptors (Lipinski definition) is 3. The van der Waals surface area contributed by atoms with Crippen molar-refractivity contribution in [2.45, 2.75) is 44.9 Å². The second kappa shape index (κ2) is 10.5. The highest BCUT2D eigenvalue weighted by atomic mass is 19.4. The average Bonchev–Trinajstić information content (AvgIpc) is 3.51. The molecular weight excluding hydrogens is 399 g/mol. The molecule has 0 atom stereocenters. The molecule has 2 aromatic rings. The molecule has 30 heavy (non-hydrogen) atoms. The Kier molecular flexibility index (Phi) is 8.08. The lowest BCUT2D eigenvalue weighted by molar-refractivity contribution is -0.137. The van der Waals surface area contributed by atoms with Crippen molar-refractivity contribution in [1.82, 2.24) is 10.6 Å². The molecule has 3 rings (SSSR count). The van der Waals surface area contributed by atoms with E-state index in [9.17, 15) is 22.8 Å². The number of alkyl halides is 3. The third-order valence-electron chi connectivity index (χ3n) is 4.17. The van der Waals surface area contributed by atoms with Crippen LogP contribution in [0.2, 0.25) is 0 Å². The molecule has 4 N–H and O–H groups in total. The summed E-state index contributed by atoms with van der Waals surface area (Å²) in [5.41, 5.74) is 0.408. The van der Waals surface area contributed by atoms with Gasteiger partial charge in [0.05, 0.1) is 11.3 Å². The van der Waals surface area contributed by atoms with Crippen LogP contribution in [0.5, 0.6) is 0 Å². The summed E-state index contributed by atoms with van der Waals surface area (Å²) in [6.45, 7) is 2.01. The van der Waals surface area contributed by atoms with E-state index in [1.165, 1.54) is 31.0 Å². The number of carbonyl (C=O) groups excluding carboxylic acids is 1. The van der Waals surface area contributed by atoms with Crippen LogP contribution >= 0.6 is 0 Å². The van der Waals surface area contributed by atoms with Crippen molar-refractivity contribution in [3.63, 3.8) is 0 Å². The van der Waals surface area contributed by atoms with Gasteiger partial charge in [-0.05, 0) is 42.7 Å². The summed E-state index contributed by atoms with van der Waals surface area (Å²) < 4.78 is 38.7. The van der Waals surface area contributed by atoms with Gasteiger partial charge >= 0.3 is 12.3 Å². The number of carboxylic acid groups (broad SMARTS) is 1. The first-order valence-corrected chi connectivity index (χ1v) is 9.47. The van der Waals surface area contributed by atoms with Crippen LogP contribution in [0.4, 0.5) is 29.3 Å². The molecule has 1 aliphatic carbocycles. The van der Waals surface area contributed by atoms with Gasteiger partial charge in [0.2, 0.25) is 5.91 Å². The third kappa shape index (κ3) is 8.02. The number of para-hydroxylation sites is 1. The highest BCUT2D eigenvalue weighted by Gasteiger charge is 2.33. The molecule has 162 valence electrons. The molecular formula is C21H24F3N3O3. The van der Waals surface area contributed by atoms with Gasteiger partial charge < -0.3 is 21.1 Å². The molecule has 0 heterocycles. The Bertz CT molecular complexity index is 851. The smallest absolute Gasteiger partial charge is 0.418 e. The molecule has 0 bridgehead atoms. The molecule has 0 aromatic heterocycles. The summed E-state index contributed by atoms with van der Waals surface area (Å²) in [6, 6.07) is 12.2. The van der Waals surface area contributed by atoms with Gasteiger partial charge in [-0.3, -0.25) is 4.79 Å². The van der Waals surface area contributed by atoms with Gasteiger partial charge in [-0.15, -0.1) is 0 Å². The molecule has 0 aliphatic heterocycles. The molecule has 0 radical (unpaired) electrons. The van der Waals surface area contributed by atoms with E-state index in [0.29, 0.717) is 23.7 Å². The monoisotopic (exact) mass is 423 g/mol. The zero-order valence-electron chi connectivity index (χ0n) is 16.4. The Balaban J connectivity index is 0.000000335. The quantitative estimate of drug-likeness (QED) is 0.532. The maximum Gasteiger partial charge on any atom is 0.418 e. The topological polar surface area (TPSA) is 90.5 Å². The van der Waals surface area contributed by atoms with Gasteiger partial charge in [0.15, 0.2) is 0 Å². The van der Waals surface area contributed by atoms with E-state index in [4.69, 9.17) is 5.11 Å². The minimum absolute atomic E-state index is 0.0357. The number of anilines is 2. The zero-order chi connectivity index (χ0) is 22.1. The fourth-order valence-electron chi connectivity index (χ4n) is 2.44. The molecule has 0 unspecified atom stereocenters. The maximum absolute atomic E-state index is 12.9. The Morgan fingerprint density at radius 3 is 2.23 bits per heavy atom. The number of rotatable bonds is 6. The SMILES string of the molecule is CCC(=O)NC1CC1.O=C(O)NCc1ccc(Nc2ccccc2C(F)(F)F)cc1. The number of benzene rings is 2. The van der Waals surface area contributed by atoms with E-state index in [1.807, 2.05) is 6.92 Å². The minimum Gasteiger partial charge on any atom is -0.465 e. The first-order chi connectivity index (χ1) is 14.2. The highest BCUT2D eigenvalue weighted by Crippen LogP contribution is 2.35. The molecule has 1 aliphatic rings. The number of carbonyl (C=O) groups is 2. The number of halogens is 3. The lowest BCUT2D eigenvalue weighted by atomic mass is 10.1. The lowest BCUT2D eigenvalue weighted by Gasteiger charge is -2.14. The second-order valence-corrected chi connectivity index (χ2v) is 6.72. The number of amides is 2. The normalized spacial score (nSPS) is 12.9. The van der Waals surface area contributed by atoms with E-state index < -0.39 is 17.8 Å².